The Labute approximate surface area is 178 Å². The molecule has 1 aliphatic heterocycles. The van der Waals surface area contributed by atoms with Crippen molar-refractivity contribution in [2.75, 3.05) is 26.4 Å². The second-order valence-corrected chi connectivity index (χ2v) is 6.80. The molecule has 0 saturated carbocycles. The van der Waals surface area contributed by atoms with E-state index >= 15 is 0 Å². The van der Waals surface area contributed by atoms with Gasteiger partial charge < -0.3 is 19.5 Å². The van der Waals surface area contributed by atoms with Crippen LogP contribution >= 0.6 is 0 Å². The number of amides is 1. The van der Waals surface area contributed by atoms with Gasteiger partial charge in [0.05, 0.1) is 22.9 Å². The van der Waals surface area contributed by atoms with E-state index in [0.29, 0.717) is 37.6 Å². The highest BCUT2D eigenvalue weighted by Gasteiger charge is 2.12. The van der Waals surface area contributed by atoms with Gasteiger partial charge >= 0.3 is 5.97 Å². The molecule has 0 saturated heterocycles. The maximum absolute atomic E-state index is 11.9. The second kappa shape index (κ2) is 9.71. The number of carbonyl (C=O) groups excluding carboxylic acids is 2. The van der Waals surface area contributed by atoms with Crippen molar-refractivity contribution in [3.05, 3.63) is 66.0 Å². The summed E-state index contributed by atoms with van der Waals surface area (Å²) in [4.78, 5) is 32.4. The minimum absolute atomic E-state index is 0.353. The van der Waals surface area contributed by atoms with Gasteiger partial charge in [0.15, 0.2) is 18.1 Å². The van der Waals surface area contributed by atoms with Gasteiger partial charge in [-0.2, -0.15) is 0 Å². The molecule has 8 heteroatoms. The SMILES string of the molecule is O=C(COC(=O)/C=C/c1cnc2ccccc2n1)NCCc1ccc2c(c1)OCCO2. The predicted molar refractivity (Wildman–Crippen MR) is 114 cm³/mol. The average Bonchev–Trinajstić information content (AvgIpc) is 2.81. The number of nitrogens with one attached hydrogen (secondary N) is 1. The predicted octanol–water partition coefficient (Wildman–Crippen LogP) is 2.32. The molecule has 3 aromatic rings. The Morgan fingerprint density at radius 3 is 2.74 bits per heavy atom. The van der Waals surface area contributed by atoms with Gasteiger partial charge in [-0.3, -0.25) is 9.78 Å². The average molecular weight is 419 g/mol. The van der Waals surface area contributed by atoms with E-state index in [4.69, 9.17) is 14.2 Å². The van der Waals surface area contributed by atoms with E-state index in [1.165, 1.54) is 12.2 Å². The Bertz CT molecular complexity index is 1130. The lowest BCUT2D eigenvalue weighted by molar-refractivity contribution is -0.143. The zero-order valence-corrected chi connectivity index (χ0v) is 16.7. The van der Waals surface area contributed by atoms with Crippen LogP contribution in [0.4, 0.5) is 0 Å². The van der Waals surface area contributed by atoms with Gasteiger partial charge in [-0.25, -0.2) is 9.78 Å². The molecule has 2 aromatic carbocycles. The summed E-state index contributed by atoms with van der Waals surface area (Å²) >= 11 is 0. The van der Waals surface area contributed by atoms with E-state index in [0.717, 1.165) is 22.3 Å². The lowest BCUT2D eigenvalue weighted by Gasteiger charge is -2.18. The van der Waals surface area contributed by atoms with Crippen molar-refractivity contribution >= 4 is 29.0 Å². The molecule has 8 nitrogen and oxygen atoms in total. The van der Waals surface area contributed by atoms with Crippen LogP contribution in [0.3, 0.4) is 0 Å². The van der Waals surface area contributed by atoms with Gasteiger partial charge in [0, 0.05) is 12.6 Å². The molecule has 0 aliphatic carbocycles. The summed E-state index contributed by atoms with van der Waals surface area (Å²) in [7, 11) is 0. The first-order valence-corrected chi connectivity index (χ1v) is 9.89. The van der Waals surface area contributed by atoms with Crippen molar-refractivity contribution < 1.29 is 23.8 Å². The first-order chi connectivity index (χ1) is 15.2. The fourth-order valence-corrected chi connectivity index (χ4v) is 3.03. The number of aromatic nitrogens is 2. The maximum atomic E-state index is 11.9. The molecule has 0 spiro atoms. The lowest BCUT2D eigenvalue weighted by atomic mass is 10.1. The number of hydrogen-bond acceptors (Lipinski definition) is 7. The van der Waals surface area contributed by atoms with Crippen LogP contribution in [0.25, 0.3) is 17.1 Å². The van der Waals surface area contributed by atoms with Crippen molar-refractivity contribution in [3.8, 4) is 11.5 Å². The molecule has 0 fully saturated rings. The fraction of sp³-hybridized carbons (Fsp3) is 0.217. The maximum Gasteiger partial charge on any atom is 0.331 e. The molecular weight excluding hydrogens is 398 g/mol. The number of para-hydroxylation sites is 2. The molecule has 0 bridgehead atoms. The first kappa shape index (κ1) is 20.3. The van der Waals surface area contributed by atoms with E-state index < -0.39 is 5.97 Å². The van der Waals surface area contributed by atoms with E-state index in [2.05, 4.69) is 15.3 Å². The van der Waals surface area contributed by atoms with Gasteiger partial charge in [0.2, 0.25) is 0 Å². The molecule has 158 valence electrons. The summed E-state index contributed by atoms with van der Waals surface area (Å²) in [6.45, 7) is 1.14. The minimum Gasteiger partial charge on any atom is -0.486 e. The Hall–Kier alpha value is -3.94. The van der Waals surface area contributed by atoms with Crippen molar-refractivity contribution in [1.82, 2.24) is 15.3 Å². The van der Waals surface area contributed by atoms with Crippen LogP contribution in [0, 0.1) is 0 Å². The van der Waals surface area contributed by atoms with Crippen LogP contribution in [-0.4, -0.2) is 48.2 Å². The van der Waals surface area contributed by atoms with E-state index in [1.54, 1.807) is 6.20 Å². The number of benzene rings is 2. The number of hydrogen-bond donors (Lipinski definition) is 1. The Kier molecular flexibility index (Phi) is 6.37. The first-order valence-electron chi connectivity index (χ1n) is 9.89. The summed E-state index contributed by atoms with van der Waals surface area (Å²) in [6, 6.07) is 13.1. The number of rotatable bonds is 7. The van der Waals surface area contributed by atoms with Crippen LogP contribution in [-0.2, 0) is 20.7 Å². The molecule has 1 amide bonds. The Morgan fingerprint density at radius 2 is 1.87 bits per heavy atom. The van der Waals surface area contributed by atoms with E-state index in [1.807, 2.05) is 42.5 Å². The van der Waals surface area contributed by atoms with Crippen molar-refractivity contribution in [3.63, 3.8) is 0 Å². The smallest absolute Gasteiger partial charge is 0.331 e. The van der Waals surface area contributed by atoms with Crippen LogP contribution in [0.2, 0.25) is 0 Å². The third kappa shape index (κ3) is 5.57. The second-order valence-electron chi connectivity index (χ2n) is 6.80. The molecule has 31 heavy (non-hydrogen) atoms. The highest BCUT2D eigenvalue weighted by atomic mass is 16.6. The van der Waals surface area contributed by atoms with Crippen LogP contribution < -0.4 is 14.8 Å². The third-order valence-corrected chi connectivity index (χ3v) is 4.55. The molecule has 1 N–H and O–H groups in total. The summed E-state index contributed by atoms with van der Waals surface area (Å²) in [5.41, 5.74) is 3.05. The molecule has 4 rings (SSSR count). The Balaban J connectivity index is 1.19. The third-order valence-electron chi connectivity index (χ3n) is 4.55. The summed E-state index contributed by atoms with van der Waals surface area (Å²) < 4.78 is 16.0. The normalized spacial score (nSPS) is 12.6. The zero-order valence-electron chi connectivity index (χ0n) is 16.7. The van der Waals surface area contributed by atoms with E-state index in [9.17, 15) is 9.59 Å². The number of carbonyl (C=O) groups is 2. The molecule has 0 radical (unpaired) electrons. The summed E-state index contributed by atoms with van der Waals surface area (Å²) in [6.07, 6.45) is 4.91. The lowest BCUT2D eigenvalue weighted by Crippen LogP contribution is -2.30. The number of nitrogens with zero attached hydrogens (tertiary/aromatic N) is 2. The number of esters is 1. The zero-order chi connectivity index (χ0) is 21.5. The Morgan fingerprint density at radius 1 is 1.06 bits per heavy atom. The molecule has 1 aromatic heterocycles. The van der Waals surface area contributed by atoms with Gasteiger partial charge in [0.1, 0.15) is 13.2 Å². The molecule has 0 atom stereocenters. The summed E-state index contributed by atoms with van der Waals surface area (Å²) in [5, 5.41) is 2.73. The van der Waals surface area contributed by atoms with Crippen LogP contribution in [0.1, 0.15) is 11.3 Å². The van der Waals surface area contributed by atoms with Gasteiger partial charge in [0.25, 0.3) is 5.91 Å². The topological polar surface area (TPSA) is 99.6 Å². The molecule has 0 unspecified atom stereocenters. The van der Waals surface area contributed by atoms with E-state index in [-0.39, 0.29) is 12.5 Å². The van der Waals surface area contributed by atoms with Gasteiger partial charge in [-0.05, 0) is 42.3 Å². The highest BCUT2D eigenvalue weighted by molar-refractivity contribution is 5.89. The highest BCUT2D eigenvalue weighted by Crippen LogP contribution is 2.30. The molecule has 2 heterocycles. The van der Waals surface area contributed by atoms with Gasteiger partial charge in [-0.1, -0.05) is 18.2 Å². The quantitative estimate of drug-likeness (QED) is 0.463. The van der Waals surface area contributed by atoms with Crippen molar-refractivity contribution in [1.29, 1.82) is 0 Å². The summed E-state index contributed by atoms with van der Waals surface area (Å²) in [5.74, 6) is 0.447. The molecular formula is C23H21N3O5. The fourth-order valence-electron chi connectivity index (χ4n) is 3.03. The standard InChI is InChI=1S/C23H21N3O5/c27-22(24-10-9-16-5-7-20-21(13-16)30-12-11-29-20)15-31-23(28)8-6-17-14-25-18-3-1-2-4-19(18)26-17/h1-8,13-14H,9-12,15H2,(H,24,27)/b8-6+. The largest absolute Gasteiger partial charge is 0.486 e. The van der Waals surface area contributed by atoms with Crippen molar-refractivity contribution in [2.45, 2.75) is 6.42 Å². The van der Waals surface area contributed by atoms with Crippen molar-refractivity contribution in [2.24, 2.45) is 0 Å². The molecule has 1 aliphatic rings. The van der Waals surface area contributed by atoms with Crippen LogP contribution in [0.5, 0.6) is 11.5 Å². The number of fused-ring (bicyclic) bond motifs is 2. The van der Waals surface area contributed by atoms with Crippen LogP contribution in [0.15, 0.2) is 54.7 Å². The van der Waals surface area contributed by atoms with Gasteiger partial charge in [-0.15, -0.1) is 0 Å². The minimum atomic E-state index is -0.628. The monoisotopic (exact) mass is 419 g/mol. The number of ether oxygens (including phenoxy) is 3.